The number of benzene rings is 2. The number of aryl methyl sites for hydroxylation is 1. The number of nitrogens with zero attached hydrogens (tertiary/aromatic N) is 2. The number of carbonyl (C=O) groups is 3. The van der Waals surface area contributed by atoms with E-state index in [4.69, 9.17) is 0 Å². The van der Waals surface area contributed by atoms with E-state index in [0.717, 1.165) is 28.3 Å². The van der Waals surface area contributed by atoms with E-state index in [1.165, 1.54) is 17.0 Å². The molecule has 0 aliphatic carbocycles. The third-order valence-corrected chi connectivity index (χ3v) is 7.97. The van der Waals surface area contributed by atoms with Crippen molar-refractivity contribution in [3.63, 3.8) is 0 Å². The number of sulfonamides is 1. The summed E-state index contributed by atoms with van der Waals surface area (Å²) in [6, 6.07) is 13.1. The Hall–Kier alpha value is -3.20. The Labute approximate surface area is 207 Å². The Balaban J connectivity index is 1.68. The van der Waals surface area contributed by atoms with Crippen molar-refractivity contribution in [3.8, 4) is 0 Å². The van der Waals surface area contributed by atoms with Crippen LogP contribution in [0.2, 0.25) is 0 Å². The fourth-order valence-corrected chi connectivity index (χ4v) is 5.59. The van der Waals surface area contributed by atoms with Gasteiger partial charge in [-0.2, -0.15) is 0 Å². The van der Waals surface area contributed by atoms with Crippen LogP contribution in [0.1, 0.15) is 61.0 Å². The van der Waals surface area contributed by atoms with Gasteiger partial charge in [-0.15, -0.1) is 0 Å². The van der Waals surface area contributed by atoms with E-state index in [0.29, 0.717) is 6.54 Å². The third kappa shape index (κ3) is 6.08. The molecular formula is C26H33N3O5S. The second-order valence-corrected chi connectivity index (χ2v) is 10.6. The van der Waals surface area contributed by atoms with Crippen molar-refractivity contribution in [1.82, 2.24) is 14.5 Å². The molecule has 0 radical (unpaired) electrons. The first-order valence-corrected chi connectivity index (χ1v) is 13.4. The van der Waals surface area contributed by atoms with Crippen molar-refractivity contribution in [2.45, 2.75) is 63.9 Å². The molecule has 3 rings (SSSR count). The molecule has 0 fully saturated rings. The van der Waals surface area contributed by atoms with Gasteiger partial charge < -0.3 is 10.2 Å². The second-order valence-electron chi connectivity index (χ2n) is 8.81. The van der Waals surface area contributed by atoms with Gasteiger partial charge in [0.15, 0.2) is 0 Å². The average Bonchev–Trinajstić information content (AvgIpc) is 3.04. The fraction of sp³-hybridized carbons (Fsp3) is 0.423. The SMILES string of the molecule is CCCCNC(=O)[C@H](C)N(Cc1ccc(C)cc1)C(=O)CCCN1C(=O)c2ccccc2S1(=O)=O. The summed E-state index contributed by atoms with van der Waals surface area (Å²) in [5.74, 6) is -1.08. The summed E-state index contributed by atoms with van der Waals surface area (Å²) < 4.78 is 26.3. The fourth-order valence-electron chi connectivity index (χ4n) is 3.98. The van der Waals surface area contributed by atoms with Gasteiger partial charge in [-0.1, -0.05) is 55.3 Å². The van der Waals surface area contributed by atoms with Crippen molar-refractivity contribution in [1.29, 1.82) is 0 Å². The molecular weight excluding hydrogens is 466 g/mol. The minimum Gasteiger partial charge on any atom is -0.354 e. The highest BCUT2D eigenvalue weighted by Crippen LogP contribution is 2.30. The summed E-state index contributed by atoms with van der Waals surface area (Å²) in [6.07, 6.45) is 1.97. The minimum atomic E-state index is -3.91. The zero-order chi connectivity index (χ0) is 25.6. The number of rotatable bonds is 11. The van der Waals surface area contributed by atoms with Crippen LogP contribution in [-0.4, -0.2) is 54.5 Å². The highest BCUT2D eigenvalue weighted by Gasteiger charge is 2.40. The van der Waals surface area contributed by atoms with Gasteiger partial charge in [-0.3, -0.25) is 14.4 Å². The van der Waals surface area contributed by atoms with Gasteiger partial charge in [0.2, 0.25) is 11.8 Å². The molecule has 1 heterocycles. The largest absolute Gasteiger partial charge is 0.354 e. The highest BCUT2D eigenvalue weighted by atomic mass is 32.2. The molecule has 0 saturated carbocycles. The van der Waals surface area contributed by atoms with Gasteiger partial charge in [0.25, 0.3) is 15.9 Å². The summed E-state index contributed by atoms with van der Waals surface area (Å²) in [6.45, 7) is 6.40. The molecule has 1 aliphatic heterocycles. The van der Waals surface area contributed by atoms with Crippen molar-refractivity contribution < 1.29 is 22.8 Å². The van der Waals surface area contributed by atoms with Crippen molar-refractivity contribution in [2.75, 3.05) is 13.1 Å². The van der Waals surface area contributed by atoms with Gasteiger partial charge in [0.05, 0.1) is 5.56 Å². The summed E-state index contributed by atoms with van der Waals surface area (Å²) in [7, 11) is -3.91. The summed E-state index contributed by atoms with van der Waals surface area (Å²) in [5.41, 5.74) is 2.14. The zero-order valence-electron chi connectivity index (χ0n) is 20.5. The van der Waals surface area contributed by atoms with E-state index in [-0.39, 0.29) is 48.2 Å². The molecule has 2 aromatic rings. The smallest absolute Gasteiger partial charge is 0.269 e. The molecule has 2 aromatic carbocycles. The van der Waals surface area contributed by atoms with Crippen LogP contribution in [-0.2, 0) is 26.2 Å². The average molecular weight is 500 g/mol. The molecule has 1 atom stereocenters. The monoisotopic (exact) mass is 499 g/mol. The molecule has 0 bridgehead atoms. The van der Waals surface area contributed by atoms with E-state index < -0.39 is 22.0 Å². The van der Waals surface area contributed by atoms with Crippen LogP contribution < -0.4 is 5.32 Å². The van der Waals surface area contributed by atoms with Crippen molar-refractivity contribution in [2.24, 2.45) is 0 Å². The number of fused-ring (bicyclic) bond motifs is 1. The predicted molar refractivity (Wildman–Crippen MR) is 133 cm³/mol. The van der Waals surface area contributed by atoms with E-state index in [1.807, 2.05) is 38.1 Å². The molecule has 3 amide bonds. The lowest BCUT2D eigenvalue weighted by Crippen LogP contribution is -2.47. The molecule has 35 heavy (non-hydrogen) atoms. The number of nitrogens with one attached hydrogen (secondary N) is 1. The molecule has 8 nitrogen and oxygen atoms in total. The highest BCUT2D eigenvalue weighted by molar-refractivity contribution is 7.90. The lowest BCUT2D eigenvalue weighted by Gasteiger charge is -2.29. The van der Waals surface area contributed by atoms with Gasteiger partial charge in [-0.05, 0) is 44.4 Å². The van der Waals surface area contributed by atoms with Crippen LogP contribution in [0, 0.1) is 6.92 Å². The standard InChI is InChI=1S/C26H33N3O5S/c1-4-5-16-27-25(31)20(3)28(18-21-14-12-19(2)13-15-21)24(30)11-8-17-29-26(32)22-9-6-7-10-23(22)35(29,33)34/h6-7,9-10,12-15,20H,4-5,8,11,16-18H2,1-3H3,(H,27,31)/t20-/m0/s1. The molecule has 1 aliphatic rings. The van der Waals surface area contributed by atoms with Gasteiger partial charge >= 0.3 is 0 Å². The molecule has 9 heteroatoms. The number of amides is 3. The maximum atomic E-state index is 13.2. The van der Waals surface area contributed by atoms with Gasteiger partial charge in [0.1, 0.15) is 10.9 Å². The number of hydrogen-bond acceptors (Lipinski definition) is 5. The van der Waals surface area contributed by atoms with Crippen LogP contribution in [0.15, 0.2) is 53.4 Å². The number of carbonyl (C=O) groups excluding carboxylic acids is 3. The maximum absolute atomic E-state index is 13.2. The Bertz CT molecular complexity index is 1180. The molecule has 0 saturated heterocycles. The maximum Gasteiger partial charge on any atom is 0.269 e. The van der Waals surface area contributed by atoms with E-state index in [2.05, 4.69) is 5.32 Å². The lowest BCUT2D eigenvalue weighted by molar-refractivity contribution is -0.140. The second kappa shape index (κ2) is 11.5. The third-order valence-electron chi connectivity index (χ3n) is 6.13. The quantitative estimate of drug-likeness (QED) is 0.478. The first-order chi connectivity index (χ1) is 16.7. The molecule has 0 spiro atoms. The Morgan fingerprint density at radius 3 is 2.40 bits per heavy atom. The molecule has 0 unspecified atom stereocenters. The first-order valence-electron chi connectivity index (χ1n) is 12.0. The van der Waals surface area contributed by atoms with Crippen molar-refractivity contribution in [3.05, 3.63) is 65.2 Å². The normalized spacial score (nSPS) is 14.9. The first kappa shape index (κ1) is 26.4. The van der Waals surface area contributed by atoms with Crippen molar-refractivity contribution >= 4 is 27.7 Å². The summed E-state index contributed by atoms with van der Waals surface area (Å²) >= 11 is 0. The molecule has 1 N–H and O–H groups in total. The lowest BCUT2D eigenvalue weighted by atomic mass is 10.1. The van der Waals surface area contributed by atoms with E-state index >= 15 is 0 Å². The van der Waals surface area contributed by atoms with Gasteiger partial charge in [0, 0.05) is 26.1 Å². The van der Waals surface area contributed by atoms with Crippen LogP contribution in [0.4, 0.5) is 0 Å². The van der Waals surface area contributed by atoms with E-state index in [9.17, 15) is 22.8 Å². The Morgan fingerprint density at radius 2 is 1.74 bits per heavy atom. The van der Waals surface area contributed by atoms with Crippen LogP contribution in [0.5, 0.6) is 0 Å². The topological polar surface area (TPSA) is 104 Å². The van der Waals surface area contributed by atoms with Crippen LogP contribution in [0.3, 0.4) is 0 Å². The number of hydrogen-bond donors (Lipinski definition) is 1. The van der Waals surface area contributed by atoms with Crippen LogP contribution in [0.25, 0.3) is 0 Å². The summed E-state index contributed by atoms with van der Waals surface area (Å²) in [4.78, 5) is 40.0. The van der Waals surface area contributed by atoms with E-state index in [1.54, 1.807) is 19.1 Å². The molecule has 188 valence electrons. The molecule has 0 aromatic heterocycles. The minimum absolute atomic E-state index is 0.00491. The summed E-state index contributed by atoms with van der Waals surface area (Å²) in [5, 5.41) is 2.88. The Kier molecular flexibility index (Phi) is 8.67. The zero-order valence-corrected chi connectivity index (χ0v) is 21.3. The van der Waals surface area contributed by atoms with Gasteiger partial charge in [-0.25, -0.2) is 12.7 Å². The number of unbranched alkanes of at least 4 members (excludes halogenated alkanes) is 1. The van der Waals surface area contributed by atoms with Crippen LogP contribution >= 0.6 is 0 Å². The predicted octanol–water partition coefficient (Wildman–Crippen LogP) is 3.25. The Morgan fingerprint density at radius 1 is 1.06 bits per heavy atom.